The van der Waals surface area contributed by atoms with E-state index in [0.29, 0.717) is 13.1 Å². The van der Waals surface area contributed by atoms with Crippen molar-refractivity contribution in [3.05, 3.63) is 30.3 Å². The van der Waals surface area contributed by atoms with Gasteiger partial charge in [-0.25, -0.2) is 0 Å². The van der Waals surface area contributed by atoms with Gasteiger partial charge in [0.2, 0.25) is 5.91 Å². The quantitative estimate of drug-likeness (QED) is 0.626. The Kier molecular flexibility index (Phi) is 2.13. The van der Waals surface area contributed by atoms with Crippen LogP contribution in [0.15, 0.2) is 30.3 Å². The smallest absolute Gasteiger partial charge is 0.245 e. The number of para-hydroxylation sites is 1. The first-order valence-corrected chi connectivity index (χ1v) is 4.57. The number of anilines is 1. The third-order valence-electron chi connectivity index (χ3n) is 2.48. The first-order valence-electron chi connectivity index (χ1n) is 4.57. The third-order valence-corrected chi connectivity index (χ3v) is 2.48. The van der Waals surface area contributed by atoms with Crippen molar-refractivity contribution < 1.29 is 4.79 Å². The van der Waals surface area contributed by atoms with Gasteiger partial charge >= 0.3 is 0 Å². The molecule has 1 saturated heterocycles. The van der Waals surface area contributed by atoms with E-state index in [-0.39, 0.29) is 5.91 Å². The average Bonchev–Trinajstić information content (AvgIpc) is 2.12. The van der Waals surface area contributed by atoms with Gasteiger partial charge in [-0.3, -0.25) is 4.79 Å². The van der Waals surface area contributed by atoms with Gasteiger partial charge < -0.3 is 16.4 Å². The summed E-state index contributed by atoms with van der Waals surface area (Å²) in [5.74, 6) is -0.305. The van der Waals surface area contributed by atoms with Crippen LogP contribution in [0.25, 0.3) is 0 Å². The van der Waals surface area contributed by atoms with Gasteiger partial charge in [0.25, 0.3) is 0 Å². The van der Waals surface area contributed by atoms with E-state index in [0.717, 1.165) is 5.69 Å². The number of primary amides is 1. The number of hydrogen-bond acceptors (Lipinski definition) is 3. The molecule has 1 heterocycles. The molecule has 4 heteroatoms. The topological polar surface area (TPSA) is 67.2 Å². The summed E-state index contributed by atoms with van der Waals surface area (Å²) < 4.78 is 0. The fourth-order valence-corrected chi connectivity index (χ4v) is 1.50. The van der Waals surface area contributed by atoms with Crippen molar-refractivity contribution in [3.8, 4) is 0 Å². The zero-order chi connectivity index (χ0) is 10.0. The molecule has 1 amide bonds. The van der Waals surface area contributed by atoms with E-state index >= 15 is 0 Å². The van der Waals surface area contributed by atoms with Crippen LogP contribution in [0.2, 0.25) is 0 Å². The molecule has 0 atom stereocenters. The van der Waals surface area contributed by atoms with Crippen molar-refractivity contribution >= 4 is 11.6 Å². The molecule has 0 radical (unpaired) electrons. The zero-order valence-electron chi connectivity index (χ0n) is 7.79. The highest BCUT2D eigenvalue weighted by atomic mass is 16.1. The first kappa shape index (κ1) is 9.02. The number of rotatable bonds is 3. The molecule has 74 valence electrons. The number of hydrogen-bond donors (Lipinski definition) is 3. The van der Waals surface area contributed by atoms with Gasteiger partial charge in [-0.15, -0.1) is 0 Å². The van der Waals surface area contributed by atoms with Gasteiger partial charge in [-0.2, -0.15) is 0 Å². The number of amides is 1. The summed E-state index contributed by atoms with van der Waals surface area (Å²) >= 11 is 0. The Labute approximate surface area is 82.5 Å². The van der Waals surface area contributed by atoms with Gasteiger partial charge in [0, 0.05) is 18.8 Å². The average molecular weight is 191 g/mol. The molecular formula is C10H13N3O. The van der Waals surface area contributed by atoms with Gasteiger partial charge in [-0.1, -0.05) is 18.2 Å². The standard InChI is InChI=1S/C10H13N3O/c11-9(14)10(6-12-7-10)13-8-4-2-1-3-5-8/h1-5,12-13H,6-7H2,(H2,11,14). The van der Waals surface area contributed by atoms with E-state index in [1.807, 2.05) is 30.3 Å². The van der Waals surface area contributed by atoms with Gasteiger partial charge in [0.05, 0.1) is 0 Å². The van der Waals surface area contributed by atoms with Crippen LogP contribution in [-0.2, 0) is 4.79 Å². The predicted octanol–water partition coefficient (Wildman–Crippen LogP) is -0.0742. The molecule has 1 aromatic carbocycles. The highest BCUT2D eigenvalue weighted by molar-refractivity contribution is 5.89. The number of carbonyl (C=O) groups is 1. The van der Waals surface area contributed by atoms with E-state index < -0.39 is 5.54 Å². The second-order valence-corrected chi connectivity index (χ2v) is 3.54. The number of nitrogens with one attached hydrogen (secondary N) is 2. The van der Waals surface area contributed by atoms with Crippen molar-refractivity contribution in [1.82, 2.24) is 5.32 Å². The minimum absolute atomic E-state index is 0.305. The van der Waals surface area contributed by atoms with E-state index in [9.17, 15) is 4.79 Å². The van der Waals surface area contributed by atoms with Crippen LogP contribution in [0.3, 0.4) is 0 Å². The number of carbonyl (C=O) groups excluding carboxylic acids is 1. The van der Waals surface area contributed by atoms with Crippen molar-refractivity contribution in [2.24, 2.45) is 5.73 Å². The maximum absolute atomic E-state index is 11.2. The largest absolute Gasteiger partial charge is 0.369 e. The van der Waals surface area contributed by atoms with Crippen LogP contribution in [0.5, 0.6) is 0 Å². The molecule has 0 aliphatic carbocycles. The lowest BCUT2D eigenvalue weighted by Gasteiger charge is -2.41. The molecule has 1 aromatic rings. The predicted molar refractivity (Wildman–Crippen MR) is 54.9 cm³/mol. The molecule has 1 fully saturated rings. The molecule has 1 aliphatic heterocycles. The van der Waals surface area contributed by atoms with Gasteiger partial charge in [-0.05, 0) is 12.1 Å². The van der Waals surface area contributed by atoms with Crippen molar-refractivity contribution in [3.63, 3.8) is 0 Å². The Morgan fingerprint density at radius 1 is 1.36 bits per heavy atom. The zero-order valence-corrected chi connectivity index (χ0v) is 7.79. The Balaban J connectivity index is 2.13. The molecule has 0 aromatic heterocycles. The van der Waals surface area contributed by atoms with Crippen LogP contribution in [0.1, 0.15) is 0 Å². The molecule has 0 unspecified atom stereocenters. The minimum atomic E-state index is -0.596. The molecule has 0 spiro atoms. The lowest BCUT2D eigenvalue weighted by Crippen LogP contribution is -2.70. The lowest BCUT2D eigenvalue weighted by molar-refractivity contribution is -0.123. The normalized spacial score (nSPS) is 18.3. The summed E-state index contributed by atoms with van der Waals surface area (Å²) in [4.78, 5) is 11.2. The van der Waals surface area contributed by atoms with Crippen molar-refractivity contribution in [2.75, 3.05) is 18.4 Å². The Morgan fingerprint density at radius 3 is 2.43 bits per heavy atom. The minimum Gasteiger partial charge on any atom is -0.369 e. The second-order valence-electron chi connectivity index (χ2n) is 3.54. The van der Waals surface area contributed by atoms with E-state index in [1.54, 1.807) is 0 Å². The molecule has 0 saturated carbocycles. The molecule has 1 aliphatic rings. The maximum Gasteiger partial charge on any atom is 0.245 e. The molecule has 14 heavy (non-hydrogen) atoms. The molecule has 2 rings (SSSR count). The lowest BCUT2D eigenvalue weighted by atomic mass is 9.91. The van der Waals surface area contributed by atoms with E-state index in [4.69, 9.17) is 5.73 Å². The monoisotopic (exact) mass is 191 g/mol. The Bertz CT molecular complexity index is 332. The molecule has 0 bridgehead atoms. The number of benzene rings is 1. The van der Waals surface area contributed by atoms with Crippen LogP contribution >= 0.6 is 0 Å². The van der Waals surface area contributed by atoms with Gasteiger partial charge in [0.1, 0.15) is 5.54 Å². The third kappa shape index (κ3) is 1.44. The fraction of sp³-hybridized carbons (Fsp3) is 0.300. The fourth-order valence-electron chi connectivity index (χ4n) is 1.50. The Morgan fingerprint density at radius 2 is 2.00 bits per heavy atom. The first-order chi connectivity index (χ1) is 6.73. The number of nitrogens with two attached hydrogens (primary N) is 1. The summed E-state index contributed by atoms with van der Waals surface area (Å²) in [6.07, 6.45) is 0. The molecule has 4 N–H and O–H groups in total. The molecule has 4 nitrogen and oxygen atoms in total. The Hall–Kier alpha value is -1.55. The van der Waals surface area contributed by atoms with Gasteiger partial charge in [0.15, 0.2) is 0 Å². The highest BCUT2D eigenvalue weighted by Gasteiger charge is 2.42. The van der Waals surface area contributed by atoms with Crippen molar-refractivity contribution in [1.29, 1.82) is 0 Å². The summed E-state index contributed by atoms with van der Waals surface area (Å²) in [6.45, 7) is 1.19. The highest BCUT2D eigenvalue weighted by Crippen LogP contribution is 2.18. The van der Waals surface area contributed by atoms with E-state index in [1.165, 1.54) is 0 Å². The summed E-state index contributed by atoms with van der Waals surface area (Å²) in [6, 6.07) is 9.61. The maximum atomic E-state index is 11.2. The summed E-state index contributed by atoms with van der Waals surface area (Å²) in [5, 5.41) is 6.19. The van der Waals surface area contributed by atoms with Crippen LogP contribution in [0.4, 0.5) is 5.69 Å². The SMILES string of the molecule is NC(=O)C1(Nc2ccccc2)CNC1. The van der Waals surface area contributed by atoms with Crippen LogP contribution < -0.4 is 16.4 Å². The van der Waals surface area contributed by atoms with E-state index in [2.05, 4.69) is 10.6 Å². The summed E-state index contributed by atoms with van der Waals surface area (Å²) in [7, 11) is 0. The summed E-state index contributed by atoms with van der Waals surface area (Å²) in [5.41, 5.74) is 5.67. The van der Waals surface area contributed by atoms with Crippen LogP contribution in [0, 0.1) is 0 Å². The van der Waals surface area contributed by atoms with Crippen LogP contribution in [-0.4, -0.2) is 24.5 Å². The second kappa shape index (κ2) is 3.31. The van der Waals surface area contributed by atoms with Crippen molar-refractivity contribution in [2.45, 2.75) is 5.54 Å². The molecular weight excluding hydrogens is 178 g/mol.